The molecule has 1 unspecified atom stereocenters. The van der Waals surface area contributed by atoms with Gasteiger partial charge in [0.15, 0.2) is 0 Å². The van der Waals surface area contributed by atoms with Crippen molar-refractivity contribution in [3.63, 3.8) is 0 Å². The lowest BCUT2D eigenvalue weighted by Crippen LogP contribution is -2.36. The molecule has 4 nitrogen and oxygen atoms in total. The third-order valence-corrected chi connectivity index (χ3v) is 3.72. The van der Waals surface area contributed by atoms with E-state index in [2.05, 4.69) is 6.92 Å². The molecule has 0 aliphatic heterocycles. The number of carbonyl (C=O) groups is 1. The number of nitrogens with zero attached hydrogens (tertiary/aromatic N) is 1. The van der Waals surface area contributed by atoms with Crippen LogP contribution in [0.5, 0.6) is 5.75 Å². The van der Waals surface area contributed by atoms with Gasteiger partial charge in [-0.2, -0.15) is 0 Å². The highest BCUT2D eigenvalue weighted by Gasteiger charge is 2.32. The van der Waals surface area contributed by atoms with Crippen LogP contribution in [0.3, 0.4) is 0 Å². The first-order valence-corrected chi connectivity index (χ1v) is 6.83. The molecule has 1 saturated carbocycles. The van der Waals surface area contributed by atoms with Crippen LogP contribution in [0.4, 0.5) is 5.69 Å². The summed E-state index contributed by atoms with van der Waals surface area (Å²) in [5, 5.41) is 0. The fourth-order valence-corrected chi connectivity index (χ4v) is 2.28. The standard InChI is InChI=1S/C15H22N2O2/c1-4-19-14-8-12(7-13(16)9-14)15(18)17(3)10(2)11-5-6-11/h7-11H,4-6,16H2,1-3H3. The first kappa shape index (κ1) is 13.7. The quantitative estimate of drug-likeness (QED) is 0.830. The van der Waals surface area contributed by atoms with Crippen molar-refractivity contribution in [3.8, 4) is 5.75 Å². The summed E-state index contributed by atoms with van der Waals surface area (Å²) >= 11 is 0. The van der Waals surface area contributed by atoms with Gasteiger partial charge in [0.1, 0.15) is 5.75 Å². The van der Waals surface area contributed by atoms with Gasteiger partial charge in [-0.3, -0.25) is 4.79 Å². The third-order valence-electron chi connectivity index (χ3n) is 3.72. The van der Waals surface area contributed by atoms with E-state index in [4.69, 9.17) is 10.5 Å². The van der Waals surface area contributed by atoms with E-state index >= 15 is 0 Å². The van der Waals surface area contributed by atoms with E-state index in [0.717, 1.165) is 0 Å². The average Bonchev–Trinajstić information content (AvgIpc) is 3.20. The second-order valence-electron chi connectivity index (χ2n) is 5.22. The Labute approximate surface area is 114 Å². The molecule has 1 atom stereocenters. The molecular weight excluding hydrogens is 240 g/mol. The predicted octanol–water partition coefficient (Wildman–Crippen LogP) is 2.54. The number of nitrogen functional groups attached to an aromatic ring is 1. The van der Waals surface area contributed by atoms with Crippen LogP contribution in [-0.2, 0) is 0 Å². The summed E-state index contributed by atoms with van der Waals surface area (Å²) in [6.07, 6.45) is 2.44. The molecule has 1 amide bonds. The van der Waals surface area contributed by atoms with Crippen molar-refractivity contribution in [1.82, 2.24) is 4.90 Å². The summed E-state index contributed by atoms with van der Waals surface area (Å²) in [7, 11) is 1.86. The lowest BCUT2D eigenvalue weighted by molar-refractivity contribution is 0.0727. The molecule has 2 rings (SSSR count). The number of rotatable bonds is 5. The molecule has 0 heterocycles. The van der Waals surface area contributed by atoms with Gasteiger partial charge in [0, 0.05) is 30.4 Å². The molecule has 1 aromatic rings. The van der Waals surface area contributed by atoms with Crippen molar-refractivity contribution in [2.75, 3.05) is 19.4 Å². The van der Waals surface area contributed by atoms with Gasteiger partial charge in [0.05, 0.1) is 6.61 Å². The smallest absolute Gasteiger partial charge is 0.254 e. The first-order chi connectivity index (χ1) is 9.02. The van der Waals surface area contributed by atoms with Crippen LogP contribution in [0.15, 0.2) is 18.2 Å². The van der Waals surface area contributed by atoms with E-state index < -0.39 is 0 Å². The van der Waals surface area contributed by atoms with Gasteiger partial charge in [-0.1, -0.05) is 0 Å². The molecule has 19 heavy (non-hydrogen) atoms. The van der Waals surface area contributed by atoms with Crippen molar-refractivity contribution < 1.29 is 9.53 Å². The number of carbonyl (C=O) groups excluding carboxylic acids is 1. The number of anilines is 1. The lowest BCUT2D eigenvalue weighted by Gasteiger charge is -2.25. The van der Waals surface area contributed by atoms with Crippen LogP contribution >= 0.6 is 0 Å². The fourth-order valence-electron chi connectivity index (χ4n) is 2.28. The molecule has 0 saturated heterocycles. The Morgan fingerprint density at radius 1 is 1.47 bits per heavy atom. The van der Waals surface area contributed by atoms with Gasteiger partial charge in [-0.05, 0) is 44.7 Å². The number of amides is 1. The second-order valence-corrected chi connectivity index (χ2v) is 5.22. The molecule has 0 radical (unpaired) electrons. The minimum absolute atomic E-state index is 0.00709. The van der Waals surface area contributed by atoms with Gasteiger partial charge in [0.25, 0.3) is 5.91 Å². The molecule has 0 bridgehead atoms. The first-order valence-electron chi connectivity index (χ1n) is 6.83. The van der Waals surface area contributed by atoms with Crippen molar-refractivity contribution in [2.24, 2.45) is 5.92 Å². The molecule has 4 heteroatoms. The van der Waals surface area contributed by atoms with E-state index in [0.29, 0.717) is 29.5 Å². The van der Waals surface area contributed by atoms with Crippen LogP contribution in [-0.4, -0.2) is 30.5 Å². The predicted molar refractivity (Wildman–Crippen MR) is 76.3 cm³/mol. The van der Waals surface area contributed by atoms with Crippen molar-refractivity contribution >= 4 is 11.6 Å². The van der Waals surface area contributed by atoms with Crippen molar-refractivity contribution in [3.05, 3.63) is 23.8 Å². The molecule has 1 fully saturated rings. The minimum atomic E-state index is 0.00709. The zero-order valence-electron chi connectivity index (χ0n) is 11.8. The Morgan fingerprint density at radius 2 is 2.16 bits per heavy atom. The summed E-state index contributed by atoms with van der Waals surface area (Å²) < 4.78 is 5.43. The maximum Gasteiger partial charge on any atom is 0.254 e. The third kappa shape index (κ3) is 3.19. The molecule has 1 aliphatic carbocycles. The topological polar surface area (TPSA) is 55.6 Å². The van der Waals surface area contributed by atoms with E-state index in [-0.39, 0.29) is 11.9 Å². The summed E-state index contributed by atoms with van der Waals surface area (Å²) in [6.45, 7) is 4.57. The van der Waals surface area contributed by atoms with Gasteiger partial charge in [-0.25, -0.2) is 0 Å². The molecule has 104 valence electrons. The van der Waals surface area contributed by atoms with E-state index in [1.165, 1.54) is 12.8 Å². The summed E-state index contributed by atoms with van der Waals surface area (Å²) in [5.41, 5.74) is 6.98. The molecule has 1 aliphatic rings. The van der Waals surface area contributed by atoms with Gasteiger partial charge in [-0.15, -0.1) is 0 Å². The van der Waals surface area contributed by atoms with E-state index in [1.54, 1.807) is 18.2 Å². The molecule has 1 aromatic carbocycles. The van der Waals surface area contributed by atoms with E-state index in [9.17, 15) is 4.79 Å². The van der Waals surface area contributed by atoms with Crippen LogP contribution in [0.1, 0.15) is 37.0 Å². The highest BCUT2D eigenvalue weighted by molar-refractivity contribution is 5.95. The number of benzene rings is 1. The Kier molecular flexibility index (Phi) is 3.98. The number of nitrogens with two attached hydrogens (primary N) is 1. The molecular formula is C15H22N2O2. The summed E-state index contributed by atoms with van der Waals surface area (Å²) in [4.78, 5) is 14.2. The van der Waals surface area contributed by atoms with Crippen LogP contribution in [0.25, 0.3) is 0 Å². The highest BCUT2D eigenvalue weighted by atomic mass is 16.5. The van der Waals surface area contributed by atoms with E-state index in [1.807, 2.05) is 18.9 Å². The normalized spacial score (nSPS) is 15.9. The molecule has 2 N–H and O–H groups in total. The minimum Gasteiger partial charge on any atom is -0.494 e. The number of hydrogen-bond acceptors (Lipinski definition) is 3. The Balaban J connectivity index is 2.17. The van der Waals surface area contributed by atoms with Crippen molar-refractivity contribution in [1.29, 1.82) is 0 Å². The van der Waals surface area contributed by atoms with Gasteiger partial charge in [0.2, 0.25) is 0 Å². The lowest BCUT2D eigenvalue weighted by atomic mass is 10.1. The Morgan fingerprint density at radius 3 is 2.74 bits per heavy atom. The maximum absolute atomic E-state index is 12.4. The fraction of sp³-hybridized carbons (Fsp3) is 0.533. The second kappa shape index (κ2) is 5.51. The number of hydrogen-bond donors (Lipinski definition) is 1. The SMILES string of the molecule is CCOc1cc(N)cc(C(=O)N(C)C(C)C2CC2)c1. The van der Waals surface area contributed by atoms with Crippen LogP contribution < -0.4 is 10.5 Å². The summed E-state index contributed by atoms with van der Waals surface area (Å²) in [5.74, 6) is 1.31. The zero-order chi connectivity index (χ0) is 14.0. The Hall–Kier alpha value is -1.71. The average molecular weight is 262 g/mol. The van der Waals surface area contributed by atoms with Crippen LogP contribution in [0.2, 0.25) is 0 Å². The monoisotopic (exact) mass is 262 g/mol. The van der Waals surface area contributed by atoms with Gasteiger partial charge < -0.3 is 15.4 Å². The number of ether oxygens (including phenoxy) is 1. The largest absolute Gasteiger partial charge is 0.494 e. The van der Waals surface area contributed by atoms with Crippen molar-refractivity contribution in [2.45, 2.75) is 32.7 Å². The summed E-state index contributed by atoms with van der Waals surface area (Å²) in [6, 6.07) is 5.49. The maximum atomic E-state index is 12.4. The zero-order valence-corrected chi connectivity index (χ0v) is 11.8. The molecule has 0 spiro atoms. The van der Waals surface area contributed by atoms with Gasteiger partial charge >= 0.3 is 0 Å². The molecule has 0 aromatic heterocycles. The Bertz CT molecular complexity index is 469. The highest BCUT2D eigenvalue weighted by Crippen LogP contribution is 2.35. The van der Waals surface area contributed by atoms with Crippen LogP contribution in [0, 0.1) is 5.92 Å².